The van der Waals surface area contributed by atoms with Crippen LogP contribution in [-0.4, -0.2) is 26.8 Å². The molecule has 0 saturated heterocycles. The Bertz CT molecular complexity index is 821. The number of aromatic nitrogens is 3. The van der Waals surface area contributed by atoms with Crippen molar-refractivity contribution >= 4 is 23.0 Å². The molecule has 0 radical (unpaired) electrons. The van der Waals surface area contributed by atoms with Crippen molar-refractivity contribution in [2.24, 2.45) is 0 Å². The van der Waals surface area contributed by atoms with E-state index in [2.05, 4.69) is 25.8 Å². The van der Waals surface area contributed by atoms with Gasteiger partial charge in [0.25, 0.3) is 0 Å². The summed E-state index contributed by atoms with van der Waals surface area (Å²) in [5.74, 6) is 1.77. The second-order valence-corrected chi connectivity index (χ2v) is 5.43. The van der Waals surface area contributed by atoms with E-state index in [1.54, 1.807) is 12.4 Å². The van der Waals surface area contributed by atoms with Gasteiger partial charge < -0.3 is 19.9 Å². The van der Waals surface area contributed by atoms with Gasteiger partial charge in [0.05, 0.1) is 25.0 Å². The van der Waals surface area contributed by atoms with Crippen LogP contribution >= 0.6 is 12.2 Å². The van der Waals surface area contributed by atoms with Crippen LogP contribution in [0.1, 0.15) is 12.8 Å². The van der Waals surface area contributed by atoms with E-state index < -0.39 is 0 Å². The molecule has 7 nitrogen and oxygen atoms in total. The average Bonchev–Trinajstić information content (AvgIpc) is 3.11. The molecular weight excluding hydrogens is 338 g/mol. The molecule has 0 saturated carbocycles. The summed E-state index contributed by atoms with van der Waals surface area (Å²) < 4.78 is 10.7. The second-order valence-electron chi connectivity index (χ2n) is 5.02. The molecule has 2 heterocycles. The number of pyridine rings is 1. The molecule has 0 aliphatic rings. The van der Waals surface area contributed by atoms with Crippen LogP contribution in [0.4, 0.5) is 5.69 Å². The van der Waals surface area contributed by atoms with Gasteiger partial charge in [0.2, 0.25) is 11.7 Å². The third-order valence-electron chi connectivity index (χ3n) is 3.21. The van der Waals surface area contributed by atoms with Gasteiger partial charge in [-0.15, -0.1) is 0 Å². The maximum atomic E-state index is 5.42. The number of hydrogen-bond acceptors (Lipinski definition) is 6. The Labute approximate surface area is 150 Å². The van der Waals surface area contributed by atoms with E-state index in [1.165, 1.54) is 0 Å². The monoisotopic (exact) mass is 355 g/mol. The maximum absolute atomic E-state index is 5.42. The van der Waals surface area contributed by atoms with Crippen LogP contribution in [0.3, 0.4) is 0 Å². The Morgan fingerprint density at radius 1 is 1.24 bits per heavy atom. The maximum Gasteiger partial charge on any atom is 0.246 e. The van der Waals surface area contributed by atoms with Crippen LogP contribution in [0.25, 0.3) is 11.4 Å². The van der Waals surface area contributed by atoms with Gasteiger partial charge in [0, 0.05) is 11.8 Å². The highest BCUT2D eigenvalue weighted by Crippen LogP contribution is 2.20. The molecule has 8 heteroatoms. The third-order valence-corrected chi connectivity index (χ3v) is 3.46. The lowest BCUT2D eigenvalue weighted by Crippen LogP contribution is -2.28. The predicted molar refractivity (Wildman–Crippen MR) is 98.2 cm³/mol. The summed E-state index contributed by atoms with van der Waals surface area (Å²) in [5, 5.41) is 10.5. The minimum atomic E-state index is 0.329. The van der Waals surface area contributed by atoms with Gasteiger partial charge in [-0.1, -0.05) is 5.16 Å². The van der Waals surface area contributed by atoms with Crippen molar-refractivity contribution in [2.75, 3.05) is 11.9 Å². The van der Waals surface area contributed by atoms with Crippen molar-refractivity contribution in [1.29, 1.82) is 0 Å². The zero-order valence-corrected chi connectivity index (χ0v) is 14.4. The van der Waals surface area contributed by atoms with Gasteiger partial charge in [0.15, 0.2) is 5.11 Å². The molecule has 0 aliphatic heterocycles. The van der Waals surface area contributed by atoms with E-state index in [4.69, 9.17) is 21.5 Å². The van der Waals surface area contributed by atoms with Crippen LogP contribution in [0, 0.1) is 0 Å². The number of anilines is 1. The summed E-state index contributed by atoms with van der Waals surface area (Å²) in [6.07, 6.45) is 3.38. The minimum Gasteiger partial charge on any atom is -0.494 e. The van der Waals surface area contributed by atoms with Crippen molar-refractivity contribution in [3.8, 4) is 17.1 Å². The molecule has 0 spiro atoms. The van der Waals surface area contributed by atoms with Crippen molar-refractivity contribution in [1.82, 2.24) is 20.4 Å². The number of ether oxygens (including phenoxy) is 1. The van der Waals surface area contributed by atoms with Gasteiger partial charge in [-0.2, -0.15) is 4.98 Å². The molecule has 3 aromatic rings. The normalized spacial score (nSPS) is 10.3. The highest BCUT2D eigenvalue weighted by atomic mass is 32.1. The number of nitrogens with zero attached hydrogens (tertiary/aromatic N) is 3. The lowest BCUT2D eigenvalue weighted by Gasteiger charge is -2.07. The summed E-state index contributed by atoms with van der Waals surface area (Å²) >= 11 is 5.22. The second kappa shape index (κ2) is 8.20. The fourth-order valence-electron chi connectivity index (χ4n) is 2.08. The van der Waals surface area contributed by atoms with E-state index in [-0.39, 0.29) is 0 Å². The van der Waals surface area contributed by atoms with Gasteiger partial charge >= 0.3 is 0 Å². The third kappa shape index (κ3) is 4.74. The van der Waals surface area contributed by atoms with Gasteiger partial charge in [-0.05, 0) is 55.5 Å². The highest BCUT2D eigenvalue weighted by Gasteiger charge is 2.09. The number of nitrogens with one attached hydrogen (secondary N) is 2. The molecule has 2 N–H and O–H groups in total. The Morgan fingerprint density at radius 3 is 2.80 bits per heavy atom. The lowest BCUT2D eigenvalue weighted by molar-refractivity contribution is 0.340. The summed E-state index contributed by atoms with van der Waals surface area (Å²) in [6.45, 7) is 2.90. The van der Waals surface area contributed by atoms with E-state index in [9.17, 15) is 0 Å². The molecule has 0 amide bonds. The van der Waals surface area contributed by atoms with Gasteiger partial charge in [-0.3, -0.25) is 4.98 Å². The molecular formula is C17H17N5O2S. The topological polar surface area (TPSA) is 85.1 Å². The number of benzene rings is 1. The first-order chi connectivity index (χ1) is 12.2. The smallest absolute Gasteiger partial charge is 0.246 e. The number of hydrogen-bond donors (Lipinski definition) is 2. The Morgan fingerprint density at radius 2 is 2.08 bits per heavy atom. The van der Waals surface area contributed by atoms with Crippen LogP contribution in [0.15, 0.2) is 53.3 Å². The largest absolute Gasteiger partial charge is 0.494 e. The molecule has 3 rings (SSSR count). The van der Waals surface area contributed by atoms with Crippen molar-refractivity contribution in [3.63, 3.8) is 0 Å². The number of rotatable bonds is 6. The van der Waals surface area contributed by atoms with Crippen molar-refractivity contribution < 1.29 is 9.26 Å². The molecule has 0 unspecified atom stereocenters. The molecule has 128 valence electrons. The minimum absolute atomic E-state index is 0.329. The molecule has 25 heavy (non-hydrogen) atoms. The first-order valence-corrected chi connectivity index (χ1v) is 8.16. The first kappa shape index (κ1) is 16.8. The zero-order chi connectivity index (χ0) is 17.5. The standard InChI is InChI=1S/C17H17N5O2S/c1-2-23-14-7-5-12(6-8-14)16-21-15(24-22-16)11-19-17(25)20-13-4-3-9-18-10-13/h3-10H,2,11H2,1H3,(H2,19,20,25). The summed E-state index contributed by atoms with van der Waals surface area (Å²) in [5.41, 5.74) is 1.66. The van der Waals surface area contributed by atoms with Crippen LogP contribution in [-0.2, 0) is 6.54 Å². The van der Waals surface area contributed by atoms with E-state index in [0.29, 0.717) is 30.0 Å². The van der Waals surface area contributed by atoms with Crippen LogP contribution in [0.5, 0.6) is 5.75 Å². The Hall–Kier alpha value is -3.00. The average molecular weight is 355 g/mol. The first-order valence-electron chi connectivity index (χ1n) is 7.75. The quantitative estimate of drug-likeness (QED) is 0.653. The van der Waals surface area contributed by atoms with Crippen molar-refractivity contribution in [3.05, 3.63) is 54.7 Å². The van der Waals surface area contributed by atoms with E-state index in [1.807, 2.05) is 43.3 Å². The highest BCUT2D eigenvalue weighted by molar-refractivity contribution is 7.80. The SMILES string of the molecule is CCOc1ccc(-c2noc(CNC(=S)Nc3cccnc3)n2)cc1. The van der Waals surface area contributed by atoms with Gasteiger partial charge in [-0.25, -0.2) is 0 Å². The lowest BCUT2D eigenvalue weighted by atomic mass is 10.2. The fourth-order valence-corrected chi connectivity index (χ4v) is 2.27. The molecule has 0 aliphatic carbocycles. The molecule has 0 atom stereocenters. The Balaban J connectivity index is 1.55. The fraction of sp³-hybridized carbons (Fsp3) is 0.176. The van der Waals surface area contributed by atoms with E-state index in [0.717, 1.165) is 17.0 Å². The van der Waals surface area contributed by atoms with Gasteiger partial charge in [0.1, 0.15) is 5.75 Å². The summed E-state index contributed by atoms with van der Waals surface area (Å²) in [7, 11) is 0. The summed E-state index contributed by atoms with van der Waals surface area (Å²) in [4.78, 5) is 8.37. The van der Waals surface area contributed by atoms with Crippen LogP contribution < -0.4 is 15.4 Å². The predicted octanol–water partition coefficient (Wildman–Crippen LogP) is 3.02. The molecule has 0 bridgehead atoms. The summed E-state index contributed by atoms with van der Waals surface area (Å²) in [6, 6.07) is 11.2. The number of thiocarbonyl (C=S) groups is 1. The molecule has 0 fully saturated rings. The van der Waals surface area contributed by atoms with E-state index >= 15 is 0 Å². The van der Waals surface area contributed by atoms with Crippen LogP contribution in [0.2, 0.25) is 0 Å². The Kier molecular flexibility index (Phi) is 5.53. The molecule has 1 aromatic carbocycles. The van der Waals surface area contributed by atoms with Crippen molar-refractivity contribution in [2.45, 2.75) is 13.5 Å². The molecule has 2 aromatic heterocycles. The zero-order valence-electron chi connectivity index (χ0n) is 13.6.